The molecule has 0 saturated heterocycles. The van der Waals surface area contributed by atoms with Gasteiger partial charge in [-0.15, -0.1) is 0 Å². The lowest BCUT2D eigenvalue weighted by molar-refractivity contribution is 0.0115. The molecule has 24 heavy (non-hydrogen) atoms. The van der Waals surface area contributed by atoms with Crippen molar-refractivity contribution in [1.82, 2.24) is 14.5 Å². The molecule has 1 aliphatic heterocycles. The molecule has 0 radical (unpaired) electrons. The molecule has 1 atom stereocenters. The Morgan fingerprint density at radius 3 is 2.96 bits per heavy atom. The van der Waals surface area contributed by atoms with Gasteiger partial charge in [0.2, 0.25) is 5.89 Å². The summed E-state index contributed by atoms with van der Waals surface area (Å²) >= 11 is 0. The van der Waals surface area contributed by atoms with E-state index in [0.717, 1.165) is 19.5 Å². The molecule has 1 aliphatic rings. The van der Waals surface area contributed by atoms with Crippen LogP contribution in [0, 0.1) is 6.92 Å². The number of nitrogens with zero attached hydrogens (tertiary/aromatic N) is 3. The van der Waals surface area contributed by atoms with Crippen LogP contribution in [-0.4, -0.2) is 33.1 Å². The maximum absolute atomic E-state index is 10.9. The summed E-state index contributed by atoms with van der Waals surface area (Å²) in [5.74, 6) is 0.359. The summed E-state index contributed by atoms with van der Waals surface area (Å²) in [6.07, 6.45) is 4.07. The Kier molecular flexibility index (Phi) is 3.51. The molecule has 3 aromatic rings. The summed E-state index contributed by atoms with van der Waals surface area (Å²) in [5, 5.41) is 12.2. The first-order valence-electron chi connectivity index (χ1n) is 8.37. The summed E-state index contributed by atoms with van der Waals surface area (Å²) in [4.78, 5) is 6.50. The number of fused-ring (bicyclic) bond motifs is 3. The van der Waals surface area contributed by atoms with Crippen molar-refractivity contribution in [1.29, 1.82) is 0 Å². The average molecular weight is 325 g/mol. The molecule has 0 spiro atoms. The number of likely N-dealkylation sites (N-methyl/N-ethyl adjacent to an activating group) is 1. The maximum atomic E-state index is 10.9. The Morgan fingerprint density at radius 1 is 1.38 bits per heavy atom. The number of rotatable bonds is 3. The SMILES string of the molecule is Cc1ccc2c(c1)c1c(n2CC(C)(O)c2ncco2)CCN(C)C1. The molecule has 4 rings (SSSR count). The zero-order valence-electron chi connectivity index (χ0n) is 14.4. The van der Waals surface area contributed by atoms with Crippen LogP contribution in [0.1, 0.15) is 29.6 Å². The lowest BCUT2D eigenvalue weighted by Gasteiger charge is -2.27. The molecule has 0 bridgehead atoms. The van der Waals surface area contributed by atoms with Crippen molar-refractivity contribution in [3.05, 3.63) is 53.4 Å². The molecule has 5 heteroatoms. The van der Waals surface area contributed by atoms with Crippen LogP contribution in [0.4, 0.5) is 0 Å². The molecule has 1 unspecified atom stereocenters. The first kappa shape index (κ1) is 15.4. The Morgan fingerprint density at radius 2 is 2.21 bits per heavy atom. The van der Waals surface area contributed by atoms with E-state index in [2.05, 4.69) is 46.6 Å². The summed E-state index contributed by atoms with van der Waals surface area (Å²) in [6, 6.07) is 6.55. The fraction of sp³-hybridized carbons (Fsp3) is 0.421. The van der Waals surface area contributed by atoms with Gasteiger partial charge in [-0.3, -0.25) is 0 Å². The van der Waals surface area contributed by atoms with Crippen molar-refractivity contribution < 1.29 is 9.52 Å². The molecule has 3 heterocycles. The van der Waals surface area contributed by atoms with Crippen LogP contribution in [-0.2, 0) is 25.1 Å². The standard InChI is InChI=1S/C19H23N3O2/c1-13-4-5-16-14(10-13)15-11-21(3)8-6-17(15)22(16)12-19(2,23)18-20-7-9-24-18/h4-5,7,9-10,23H,6,8,11-12H2,1-3H3. The average Bonchev–Trinajstić information content (AvgIpc) is 3.16. The Bertz CT molecular complexity index is 878. The van der Waals surface area contributed by atoms with Gasteiger partial charge in [0.05, 0.1) is 12.7 Å². The molecule has 1 N–H and O–H groups in total. The topological polar surface area (TPSA) is 54.4 Å². The number of aryl methyl sites for hydroxylation is 1. The monoisotopic (exact) mass is 325 g/mol. The fourth-order valence-electron chi connectivity index (χ4n) is 3.74. The van der Waals surface area contributed by atoms with E-state index in [4.69, 9.17) is 4.42 Å². The second-order valence-electron chi connectivity index (χ2n) is 7.13. The van der Waals surface area contributed by atoms with Gasteiger partial charge < -0.3 is 19.0 Å². The number of aliphatic hydroxyl groups is 1. The highest BCUT2D eigenvalue weighted by atomic mass is 16.4. The summed E-state index contributed by atoms with van der Waals surface area (Å²) in [5.41, 5.74) is 3.99. The number of hydrogen-bond acceptors (Lipinski definition) is 4. The van der Waals surface area contributed by atoms with Crippen LogP contribution in [0.15, 0.2) is 35.1 Å². The molecule has 0 fully saturated rings. The van der Waals surface area contributed by atoms with Crippen LogP contribution < -0.4 is 0 Å². The van der Waals surface area contributed by atoms with Gasteiger partial charge in [-0.2, -0.15) is 0 Å². The molecule has 1 aromatic carbocycles. The fourth-order valence-corrected chi connectivity index (χ4v) is 3.74. The second-order valence-corrected chi connectivity index (χ2v) is 7.13. The maximum Gasteiger partial charge on any atom is 0.227 e. The van der Waals surface area contributed by atoms with Crippen LogP contribution in [0.5, 0.6) is 0 Å². The van der Waals surface area contributed by atoms with Crippen molar-refractivity contribution in [2.45, 2.75) is 39.0 Å². The minimum Gasteiger partial charge on any atom is -0.446 e. The largest absolute Gasteiger partial charge is 0.446 e. The molecule has 126 valence electrons. The Hall–Kier alpha value is -2.11. The third-order valence-electron chi connectivity index (χ3n) is 4.96. The van der Waals surface area contributed by atoms with Gasteiger partial charge in [-0.1, -0.05) is 11.6 Å². The van der Waals surface area contributed by atoms with Crippen LogP contribution in [0.25, 0.3) is 10.9 Å². The van der Waals surface area contributed by atoms with Gasteiger partial charge >= 0.3 is 0 Å². The third kappa shape index (κ3) is 2.44. The van der Waals surface area contributed by atoms with Crippen molar-refractivity contribution >= 4 is 10.9 Å². The van der Waals surface area contributed by atoms with E-state index < -0.39 is 5.60 Å². The summed E-state index contributed by atoms with van der Waals surface area (Å²) < 4.78 is 7.61. The van der Waals surface area contributed by atoms with Crippen molar-refractivity contribution in [2.24, 2.45) is 0 Å². The molecular formula is C19H23N3O2. The molecule has 0 aliphatic carbocycles. The number of aromatic nitrogens is 2. The van der Waals surface area contributed by atoms with Gasteiger partial charge in [0, 0.05) is 36.1 Å². The summed E-state index contributed by atoms with van der Waals surface area (Å²) in [7, 11) is 2.16. The van der Waals surface area contributed by atoms with Crippen LogP contribution in [0.2, 0.25) is 0 Å². The Balaban J connectivity index is 1.86. The van der Waals surface area contributed by atoms with Crippen molar-refractivity contribution in [3.8, 4) is 0 Å². The third-order valence-corrected chi connectivity index (χ3v) is 4.96. The van der Waals surface area contributed by atoms with Gasteiger partial charge in [0.25, 0.3) is 0 Å². The first-order chi connectivity index (χ1) is 11.5. The smallest absolute Gasteiger partial charge is 0.227 e. The molecule has 2 aromatic heterocycles. The Labute approximate surface area is 141 Å². The normalized spacial score (nSPS) is 17.8. The van der Waals surface area contributed by atoms with Gasteiger partial charge in [-0.05, 0) is 38.6 Å². The molecular weight excluding hydrogens is 302 g/mol. The highest BCUT2D eigenvalue weighted by Gasteiger charge is 2.32. The van der Waals surface area contributed by atoms with E-state index in [1.165, 1.54) is 34.0 Å². The molecule has 5 nitrogen and oxygen atoms in total. The second kappa shape index (κ2) is 5.46. The van der Waals surface area contributed by atoms with E-state index >= 15 is 0 Å². The predicted molar refractivity (Wildman–Crippen MR) is 92.8 cm³/mol. The van der Waals surface area contributed by atoms with Gasteiger partial charge in [-0.25, -0.2) is 4.98 Å². The highest BCUT2D eigenvalue weighted by Crippen LogP contribution is 2.34. The highest BCUT2D eigenvalue weighted by molar-refractivity contribution is 5.86. The molecule has 0 saturated carbocycles. The van der Waals surface area contributed by atoms with Gasteiger partial charge in [0.1, 0.15) is 6.26 Å². The number of hydrogen-bond donors (Lipinski definition) is 1. The van der Waals surface area contributed by atoms with Crippen molar-refractivity contribution in [2.75, 3.05) is 13.6 Å². The van der Waals surface area contributed by atoms with Crippen LogP contribution in [0.3, 0.4) is 0 Å². The summed E-state index contributed by atoms with van der Waals surface area (Å²) in [6.45, 7) is 6.30. The van der Waals surface area contributed by atoms with Crippen LogP contribution >= 0.6 is 0 Å². The first-order valence-corrected chi connectivity index (χ1v) is 8.37. The van der Waals surface area contributed by atoms with E-state index in [1.807, 2.05) is 0 Å². The molecule has 0 amide bonds. The number of benzene rings is 1. The van der Waals surface area contributed by atoms with E-state index in [1.54, 1.807) is 13.1 Å². The van der Waals surface area contributed by atoms with E-state index in [9.17, 15) is 5.11 Å². The minimum absolute atomic E-state index is 0.359. The quantitative estimate of drug-likeness (QED) is 0.804. The number of oxazole rings is 1. The lowest BCUT2D eigenvalue weighted by atomic mass is 10.0. The lowest BCUT2D eigenvalue weighted by Crippen LogP contribution is -2.31. The zero-order valence-corrected chi connectivity index (χ0v) is 14.4. The minimum atomic E-state index is -1.14. The predicted octanol–water partition coefficient (Wildman–Crippen LogP) is 2.83. The van der Waals surface area contributed by atoms with E-state index in [-0.39, 0.29) is 0 Å². The zero-order chi connectivity index (χ0) is 16.9. The van der Waals surface area contributed by atoms with Crippen molar-refractivity contribution in [3.63, 3.8) is 0 Å². The van der Waals surface area contributed by atoms with Gasteiger partial charge in [0.15, 0.2) is 5.60 Å². The van der Waals surface area contributed by atoms with E-state index in [0.29, 0.717) is 12.4 Å².